The normalized spacial score (nSPS) is 11.8. The number of thiophene rings is 1. The maximum atomic E-state index is 11.7. The van der Waals surface area contributed by atoms with Crippen LogP contribution in [0.4, 0.5) is 0 Å². The maximum Gasteiger partial charge on any atom is 0.331 e. The minimum absolute atomic E-state index is 0.358. The van der Waals surface area contributed by atoms with E-state index in [1.165, 1.54) is 6.08 Å². The van der Waals surface area contributed by atoms with Crippen molar-refractivity contribution in [3.8, 4) is 11.5 Å². The molecule has 0 aliphatic rings. The molecule has 0 N–H and O–H groups in total. The van der Waals surface area contributed by atoms with E-state index in [1.807, 2.05) is 62.7 Å². The average Bonchev–Trinajstić information content (AvgIpc) is 3.02. The molecule has 2 aromatic heterocycles. The monoisotopic (exact) mass is 353 g/mol. The van der Waals surface area contributed by atoms with Crippen molar-refractivity contribution in [3.63, 3.8) is 0 Å². The second kappa shape index (κ2) is 7.07. The highest BCUT2D eigenvalue weighted by molar-refractivity contribution is 7.17. The van der Waals surface area contributed by atoms with Crippen molar-refractivity contribution in [2.75, 3.05) is 0 Å². The molecule has 0 bridgehead atoms. The topological polar surface area (TPSA) is 48.4 Å². The average molecular weight is 353 g/mol. The summed E-state index contributed by atoms with van der Waals surface area (Å²) in [6.45, 7) is 5.52. The highest BCUT2D eigenvalue weighted by Gasteiger charge is 2.13. The molecule has 128 valence electrons. The Morgan fingerprint density at radius 1 is 1.12 bits per heavy atom. The summed E-state index contributed by atoms with van der Waals surface area (Å²) >= 11 is 1.63. The zero-order valence-electron chi connectivity index (χ0n) is 14.4. The Hall–Kier alpha value is -2.66. The van der Waals surface area contributed by atoms with E-state index in [9.17, 15) is 4.79 Å². The van der Waals surface area contributed by atoms with Gasteiger partial charge in [-0.3, -0.25) is 4.98 Å². The van der Waals surface area contributed by atoms with Gasteiger partial charge in [-0.05, 0) is 56.0 Å². The molecule has 0 aliphatic carbocycles. The van der Waals surface area contributed by atoms with Crippen LogP contribution in [0.2, 0.25) is 0 Å². The number of fused-ring (bicyclic) bond motifs is 1. The summed E-state index contributed by atoms with van der Waals surface area (Å²) in [6.07, 6.45) is 6.69. The molecular formula is C20H19NO3S. The van der Waals surface area contributed by atoms with Gasteiger partial charge in [0.25, 0.3) is 0 Å². The standard InChI is InChI=1S/C20H19NO3S/c1-20(2,3)24-19(22)9-6-14-4-7-15(8-5-14)23-17-12-21-13-18-16(17)10-11-25-18/h4-13H,1-3H3/b9-6+. The van der Waals surface area contributed by atoms with E-state index >= 15 is 0 Å². The first kappa shape index (κ1) is 17.2. The first-order valence-corrected chi connectivity index (χ1v) is 8.79. The fraction of sp³-hybridized carbons (Fsp3) is 0.200. The highest BCUT2D eigenvalue weighted by atomic mass is 32.1. The van der Waals surface area contributed by atoms with Gasteiger partial charge < -0.3 is 9.47 Å². The van der Waals surface area contributed by atoms with Crippen molar-refractivity contribution in [1.29, 1.82) is 0 Å². The minimum Gasteiger partial charge on any atom is -0.457 e. The molecule has 4 nitrogen and oxygen atoms in total. The molecule has 0 aliphatic heterocycles. The summed E-state index contributed by atoms with van der Waals surface area (Å²) in [6, 6.07) is 9.52. The molecule has 0 fully saturated rings. The molecule has 3 aromatic rings. The van der Waals surface area contributed by atoms with Crippen LogP contribution in [0.1, 0.15) is 26.3 Å². The van der Waals surface area contributed by atoms with Crippen molar-refractivity contribution in [3.05, 3.63) is 59.7 Å². The van der Waals surface area contributed by atoms with Gasteiger partial charge in [0.05, 0.1) is 10.9 Å². The first-order chi connectivity index (χ1) is 11.9. The summed E-state index contributed by atoms with van der Waals surface area (Å²) < 4.78 is 12.3. The van der Waals surface area contributed by atoms with Crippen LogP contribution in [0.15, 0.2) is 54.2 Å². The molecule has 0 unspecified atom stereocenters. The van der Waals surface area contributed by atoms with E-state index in [-0.39, 0.29) is 5.97 Å². The highest BCUT2D eigenvalue weighted by Crippen LogP contribution is 2.31. The number of rotatable bonds is 4. The van der Waals surface area contributed by atoms with Crippen LogP contribution >= 0.6 is 11.3 Å². The lowest BCUT2D eigenvalue weighted by Gasteiger charge is -2.17. The van der Waals surface area contributed by atoms with Crippen LogP contribution in [-0.2, 0) is 9.53 Å². The van der Waals surface area contributed by atoms with E-state index in [2.05, 4.69) is 4.98 Å². The molecule has 0 spiro atoms. The number of hydrogen-bond acceptors (Lipinski definition) is 5. The summed E-state index contributed by atoms with van der Waals surface area (Å²) in [4.78, 5) is 15.9. The maximum absolute atomic E-state index is 11.7. The second-order valence-electron chi connectivity index (χ2n) is 6.51. The largest absolute Gasteiger partial charge is 0.457 e. The van der Waals surface area contributed by atoms with Crippen LogP contribution in [0.3, 0.4) is 0 Å². The second-order valence-corrected chi connectivity index (χ2v) is 7.46. The van der Waals surface area contributed by atoms with Crippen LogP contribution < -0.4 is 4.74 Å². The Bertz CT molecular complexity index is 905. The molecule has 0 saturated heterocycles. The lowest BCUT2D eigenvalue weighted by molar-refractivity contribution is -0.148. The molecule has 3 rings (SSSR count). The first-order valence-electron chi connectivity index (χ1n) is 7.91. The number of hydrogen-bond donors (Lipinski definition) is 0. The Morgan fingerprint density at radius 3 is 2.60 bits per heavy atom. The third kappa shape index (κ3) is 4.67. The van der Waals surface area contributed by atoms with Crippen molar-refractivity contribution < 1.29 is 14.3 Å². The van der Waals surface area contributed by atoms with E-state index in [0.717, 1.165) is 27.1 Å². The molecule has 0 amide bonds. The van der Waals surface area contributed by atoms with Crippen molar-refractivity contribution in [2.24, 2.45) is 0 Å². The molecule has 5 heteroatoms. The number of nitrogens with zero attached hydrogens (tertiary/aromatic N) is 1. The Balaban J connectivity index is 1.68. The number of aromatic nitrogens is 1. The van der Waals surface area contributed by atoms with Crippen molar-refractivity contribution in [2.45, 2.75) is 26.4 Å². The summed E-state index contributed by atoms with van der Waals surface area (Å²) in [5, 5.41) is 3.07. The summed E-state index contributed by atoms with van der Waals surface area (Å²) in [5.41, 5.74) is 0.403. The van der Waals surface area contributed by atoms with Crippen LogP contribution in [0.5, 0.6) is 11.5 Å². The molecular weight excluding hydrogens is 334 g/mol. The molecule has 25 heavy (non-hydrogen) atoms. The van der Waals surface area contributed by atoms with Gasteiger partial charge in [0.2, 0.25) is 0 Å². The van der Waals surface area contributed by atoms with Gasteiger partial charge >= 0.3 is 5.97 Å². The SMILES string of the molecule is CC(C)(C)OC(=O)/C=C/c1ccc(Oc2cncc3sccc23)cc1. The number of pyridine rings is 1. The van der Waals surface area contributed by atoms with Gasteiger partial charge in [0, 0.05) is 17.7 Å². The minimum atomic E-state index is -0.490. The van der Waals surface area contributed by atoms with Crippen LogP contribution in [0, 0.1) is 0 Å². The number of ether oxygens (including phenoxy) is 2. The molecule has 0 radical (unpaired) electrons. The van der Waals surface area contributed by atoms with Crippen molar-refractivity contribution >= 4 is 33.5 Å². The van der Waals surface area contributed by atoms with E-state index in [1.54, 1.807) is 23.6 Å². The van der Waals surface area contributed by atoms with Gasteiger partial charge in [0.15, 0.2) is 5.75 Å². The molecule has 0 atom stereocenters. The van der Waals surface area contributed by atoms with E-state index < -0.39 is 5.60 Å². The molecule has 0 saturated carbocycles. The van der Waals surface area contributed by atoms with Gasteiger partial charge in [-0.1, -0.05) is 12.1 Å². The summed E-state index contributed by atoms with van der Waals surface area (Å²) in [5.74, 6) is 1.09. The van der Waals surface area contributed by atoms with Crippen LogP contribution in [0.25, 0.3) is 16.2 Å². The van der Waals surface area contributed by atoms with Gasteiger partial charge in [-0.15, -0.1) is 11.3 Å². The predicted octanol–water partition coefficient (Wildman–Crippen LogP) is 5.44. The number of carbonyl (C=O) groups excluding carboxylic acids is 1. The number of carbonyl (C=O) groups is 1. The third-order valence-corrected chi connectivity index (χ3v) is 4.12. The Morgan fingerprint density at radius 2 is 1.88 bits per heavy atom. The lowest BCUT2D eigenvalue weighted by Crippen LogP contribution is -2.22. The van der Waals surface area contributed by atoms with Crippen molar-refractivity contribution in [1.82, 2.24) is 4.98 Å². The Labute approximate surface area is 150 Å². The van der Waals surface area contributed by atoms with Gasteiger partial charge in [0.1, 0.15) is 11.4 Å². The summed E-state index contributed by atoms with van der Waals surface area (Å²) in [7, 11) is 0. The Kier molecular flexibility index (Phi) is 4.86. The fourth-order valence-electron chi connectivity index (χ4n) is 2.22. The predicted molar refractivity (Wildman–Crippen MR) is 101 cm³/mol. The molecule has 1 aromatic carbocycles. The van der Waals surface area contributed by atoms with E-state index in [4.69, 9.17) is 9.47 Å². The zero-order valence-corrected chi connectivity index (χ0v) is 15.2. The quantitative estimate of drug-likeness (QED) is 0.463. The van der Waals surface area contributed by atoms with Crippen LogP contribution in [-0.4, -0.2) is 16.6 Å². The van der Waals surface area contributed by atoms with Gasteiger partial charge in [-0.2, -0.15) is 0 Å². The zero-order chi connectivity index (χ0) is 17.9. The number of benzene rings is 1. The lowest BCUT2D eigenvalue weighted by atomic mass is 10.2. The molecule has 2 heterocycles. The smallest absolute Gasteiger partial charge is 0.331 e. The third-order valence-electron chi connectivity index (χ3n) is 3.27. The van der Waals surface area contributed by atoms with Gasteiger partial charge in [-0.25, -0.2) is 4.79 Å². The fourth-order valence-corrected chi connectivity index (χ4v) is 2.99. The number of esters is 1. The van der Waals surface area contributed by atoms with E-state index in [0.29, 0.717) is 0 Å².